The molecule has 214 valence electrons. The first-order valence-corrected chi connectivity index (χ1v) is 14.1. The minimum Gasteiger partial charge on any atom is -0.480 e. The predicted molar refractivity (Wildman–Crippen MR) is 150 cm³/mol. The number of fused-ring (bicyclic) bond motifs is 1. The highest BCUT2D eigenvalue weighted by Gasteiger charge is 2.31. The number of benzene rings is 1. The van der Waals surface area contributed by atoms with Crippen molar-refractivity contribution in [3.63, 3.8) is 0 Å². The quantitative estimate of drug-likeness (QED) is 0.150. The van der Waals surface area contributed by atoms with E-state index in [2.05, 4.69) is 20.9 Å². The van der Waals surface area contributed by atoms with Crippen LogP contribution in [-0.2, 0) is 30.4 Å². The van der Waals surface area contributed by atoms with E-state index < -0.39 is 59.7 Å². The lowest BCUT2D eigenvalue weighted by molar-refractivity contribution is -0.143. The number of carbonyl (C=O) groups excluding carboxylic acids is 4. The molecular weight excluding hydrogens is 524 g/mol. The molecule has 1 heterocycles. The number of hydrogen-bond acceptors (Lipinski definition) is 7. The average molecular weight is 563 g/mol. The maximum absolute atomic E-state index is 13.2. The van der Waals surface area contributed by atoms with Crippen LogP contribution in [-0.4, -0.2) is 75.9 Å². The van der Waals surface area contributed by atoms with Gasteiger partial charge in [-0.2, -0.15) is 11.8 Å². The summed E-state index contributed by atoms with van der Waals surface area (Å²) in [7, 11) is 0. The first kappa shape index (κ1) is 31.6. The van der Waals surface area contributed by atoms with E-state index in [0.29, 0.717) is 5.75 Å². The fourth-order valence-corrected chi connectivity index (χ4v) is 4.48. The number of amides is 4. The zero-order valence-electron chi connectivity index (χ0n) is 22.4. The summed E-state index contributed by atoms with van der Waals surface area (Å²) in [5, 5.41) is 18.0. The number of hydrogen-bond donors (Lipinski definition) is 7. The number of aromatic nitrogens is 1. The van der Waals surface area contributed by atoms with Gasteiger partial charge < -0.3 is 37.5 Å². The van der Waals surface area contributed by atoms with Gasteiger partial charge in [-0.05, 0) is 48.8 Å². The van der Waals surface area contributed by atoms with Gasteiger partial charge in [0.05, 0.1) is 6.04 Å². The second kappa shape index (κ2) is 15.1. The minimum atomic E-state index is -1.24. The number of aromatic amines is 1. The van der Waals surface area contributed by atoms with Crippen molar-refractivity contribution in [2.24, 2.45) is 17.4 Å². The van der Waals surface area contributed by atoms with Crippen molar-refractivity contribution in [1.82, 2.24) is 20.9 Å². The molecule has 4 unspecified atom stereocenters. The Morgan fingerprint density at radius 3 is 2.21 bits per heavy atom. The van der Waals surface area contributed by atoms with Crippen molar-refractivity contribution in [2.75, 3.05) is 12.0 Å². The number of aliphatic carboxylic acids is 1. The van der Waals surface area contributed by atoms with Gasteiger partial charge in [0.2, 0.25) is 23.6 Å². The van der Waals surface area contributed by atoms with E-state index in [1.165, 1.54) is 11.8 Å². The standard InChI is InChI=1S/C26H38N6O6S/c1-14(2)22(26(37)38)32-25(36)19(8-9-21(28)33)31-24(35)20(10-11-39-3)30-23(34)17(27)12-15-13-29-18-7-5-4-6-16(15)18/h4-7,13-14,17,19-20,22,29H,8-12,27H2,1-3H3,(H2,28,33)(H,30,34)(H,31,35)(H,32,36)(H,37,38). The van der Waals surface area contributed by atoms with Gasteiger partial charge in [-0.1, -0.05) is 32.0 Å². The minimum absolute atomic E-state index is 0.138. The second-order valence-corrected chi connectivity index (χ2v) is 10.6. The molecule has 0 fully saturated rings. The number of carboxylic acids is 1. The zero-order chi connectivity index (χ0) is 29.1. The summed E-state index contributed by atoms with van der Waals surface area (Å²) in [5.41, 5.74) is 13.2. The van der Waals surface area contributed by atoms with Crippen LogP contribution in [0.5, 0.6) is 0 Å². The normalized spacial score (nSPS) is 14.3. The van der Waals surface area contributed by atoms with Crippen molar-refractivity contribution >= 4 is 52.3 Å². The topological polar surface area (TPSA) is 209 Å². The fraction of sp³-hybridized carbons (Fsp3) is 0.500. The Hall–Kier alpha value is -3.58. The Morgan fingerprint density at radius 2 is 1.59 bits per heavy atom. The van der Waals surface area contributed by atoms with Crippen LogP contribution in [0.2, 0.25) is 0 Å². The van der Waals surface area contributed by atoms with Crippen LogP contribution in [0.15, 0.2) is 30.5 Å². The van der Waals surface area contributed by atoms with Gasteiger partial charge in [-0.15, -0.1) is 0 Å². The van der Waals surface area contributed by atoms with Crippen LogP contribution in [0.3, 0.4) is 0 Å². The van der Waals surface area contributed by atoms with Crippen molar-refractivity contribution in [3.8, 4) is 0 Å². The van der Waals surface area contributed by atoms with E-state index in [0.717, 1.165) is 16.5 Å². The summed E-state index contributed by atoms with van der Waals surface area (Å²) >= 11 is 1.47. The van der Waals surface area contributed by atoms with Gasteiger partial charge in [-0.3, -0.25) is 19.2 Å². The molecular formula is C26H38N6O6S. The molecule has 13 heteroatoms. The number of para-hydroxylation sites is 1. The molecule has 1 aromatic heterocycles. The molecule has 4 atom stereocenters. The first-order chi connectivity index (χ1) is 18.4. The summed E-state index contributed by atoms with van der Waals surface area (Å²) in [6, 6.07) is 3.24. The zero-order valence-corrected chi connectivity index (χ0v) is 23.2. The van der Waals surface area contributed by atoms with Crippen LogP contribution in [0.25, 0.3) is 10.9 Å². The molecule has 2 rings (SSSR count). The maximum Gasteiger partial charge on any atom is 0.326 e. The van der Waals surface area contributed by atoms with Crippen molar-refractivity contribution in [3.05, 3.63) is 36.0 Å². The molecule has 12 nitrogen and oxygen atoms in total. The fourth-order valence-electron chi connectivity index (χ4n) is 4.01. The van der Waals surface area contributed by atoms with Gasteiger partial charge in [-0.25, -0.2) is 4.79 Å². The molecule has 0 saturated carbocycles. The van der Waals surface area contributed by atoms with Gasteiger partial charge in [0, 0.05) is 23.5 Å². The molecule has 0 bridgehead atoms. The summed E-state index contributed by atoms with van der Waals surface area (Å²) in [6.07, 6.45) is 3.78. The van der Waals surface area contributed by atoms with Crippen LogP contribution < -0.4 is 27.4 Å². The lowest BCUT2D eigenvalue weighted by Gasteiger charge is -2.26. The number of rotatable bonds is 16. The Morgan fingerprint density at radius 1 is 0.974 bits per heavy atom. The molecule has 39 heavy (non-hydrogen) atoms. The molecule has 2 aromatic rings. The molecule has 0 radical (unpaired) electrons. The highest BCUT2D eigenvalue weighted by atomic mass is 32.2. The summed E-state index contributed by atoms with van der Waals surface area (Å²) in [6.45, 7) is 3.26. The third kappa shape index (κ3) is 9.59. The average Bonchev–Trinajstić information content (AvgIpc) is 3.29. The SMILES string of the molecule is CSCCC(NC(=O)C(N)Cc1c[nH]c2ccccc12)C(=O)NC(CCC(N)=O)C(=O)NC(C(=O)O)C(C)C. The van der Waals surface area contributed by atoms with Crippen molar-refractivity contribution in [2.45, 2.75) is 63.7 Å². The van der Waals surface area contributed by atoms with E-state index >= 15 is 0 Å². The van der Waals surface area contributed by atoms with Crippen LogP contribution in [0.4, 0.5) is 0 Å². The van der Waals surface area contributed by atoms with Gasteiger partial charge >= 0.3 is 5.97 Å². The molecule has 0 saturated heterocycles. The molecule has 0 aliphatic rings. The first-order valence-electron chi connectivity index (χ1n) is 12.7. The van der Waals surface area contributed by atoms with E-state index in [-0.39, 0.29) is 25.7 Å². The van der Waals surface area contributed by atoms with Crippen LogP contribution in [0.1, 0.15) is 38.7 Å². The lowest BCUT2D eigenvalue weighted by atomic mass is 10.0. The Kier molecular flexibility index (Phi) is 12.3. The second-order valence-electron chi connectivity index (χ2n) is 9.65. The Bertz CT molecular complexity index is 1170. The lowest BCUT2D eigenvalue weighted by Crippen LogP contribution is -2.58. The number of primary amides is 1. The van der Waals surface area contributed by atoms with Crippen LogP contribution in [0, 0.1) is 5.92 Å². The summed E-state index contributed by atoms with van der Waals surface area (Å²) in [5.74, 6) is -3.77. The predicted octanol–water partition coefficient (Wildman–Crippen LogP) is 0.251. The van der Waals surface area contributed by atoms with E-state index in [1.807, 2.05) is 30.5 Å². The molecule has 0 spiro atoms. The Labute approximate surface area is 231 Å². The molecule has 4 amide bonds. The molecule has 9 N–H and O–H groups in total. The molecule has 0 aliphatic heterocycles. The number of thioether (sulfide) groups is 1. The Balaban J connectivity index is 2.14. The maximum atomic E-state index is 13.2. The summed E-state index contributed by atoms with van der Waals surface area (Å²) < 4.78 is 0. The van der Waals surface area contributed by atoms with Crippen molar-refractivity contribution < 1.29 is 29.1 Å². The third-order valence-electron chi connectivity index (χ3n) is 6.24. The third-order valence-corrected chi connectivity index (χ3v) is 6.88. The van der Waals surface area contributed by atoms with E-state index in [9.17, 15) is 29.1 Å². The van der Waals surface area contributed by atoms with E-state index in [4.69, 9.17) is 11.5 Å². The van der Waals surface area contributed by atoms with Crippen LogP contribution >= 0.6 is 11.8 Å². The van der Waals surface area contributed by atoms with E-state index in [1.54, 1.807) is 20.0 Å². The molecule has 1 aromatic carbocycles. The highest BCUT2D eigenvalue weighted by Crippen LogP contribution is 2.19. The smallest absolute Gasteiger partial charge is 0.326 e. The van der Waals surface area contributed by atoms with Gasteiger partial charge in [0.1, 0.15) is 18.1 Å². The van der Waals surface area contributed by atoms with Gasteiger partial charge in [0.25, 0.3) is 0 Å². The monoisotopic (exact) mass is 562 g/mol. The highest BCUT2D eigenvalue weighted by molar-refractivity contribution is 7.98. The molecule has 0 aliphatic carbocycles. The van der Waals surface area contributed by atoms with Crippen molar-refractivity contribution in [1.29, 1.82) is 0 Å². The largest absolute Gasteiger partial charge is 0.480 e. The summed E-state index contributed by atoms with van der Waals surface area (Å²) in [4.78, 5) is 65.1. The number of nitrogens with one attached hydrogen (secondary N) is 4. The number of carboxylic acid groups (broad SMARTS) is 1. The number of carbonyl (C=O) groups is 5. The number of nitrogens with two attached hydrogens (primary N) is 2. The van der Waals surface area contributed by atoms with Gasteiger partial charge in [0.15, 0.2) is 0 Å². The number of H-pyrrole nitrogens is 1.